The van der Waals surface area contributed by atoms with Crippen LogP contribution in [0.25, 0.3) is 11.0 Å². The number of rotatable bonds is 8. The van der Waals surface area contributed by atoms with Gasteiger partial charge in [-0.25, -0.2) is 4.79 Å². The predicted octanol–water partition coefficient (Wildman–Crippen LogP) is 3.72. The van der Waals surface area contributed by atoms with Gasteiger partial charge in [0, 0.05) is 10.9 Å². The summed E-state index contributed by atoms with van der Waals surface area (Å²) in [6, 6.07) is 5.31. The molecule has 0 saturated heterocycles. The van der Waals surface area contributed by atoms with E-state index in [0.29, 0.717) is 12.0 Å². The van der Waals surface area contributed by atoms with Crippen LogP contribution in [-0.4, -0.2) is 37.0 Å². The molecular formula is C19H25NO4S. The standard InChI is InChI=1S/C19H25NO4S/c1-5-6-13-7-8-16-14(11-13)12(2)17(24-16)18(21)20-15(9-10-25-4)19(22)23-3/h7-8,11,15H,5-6,9-10H2,1-4H3,(H,20,21)/t15-/m0/s1. The number of benzene rings is 1. The Bertz CT molecular complexity index is 753. The molecule has 1 heterocycles. The summed E-state index contributed by atoms with van der Waals surface area (Å²) in [7, 11) is 1.32. The highest BCUT2D eigenvalue weighted by Gasteiger charge is 2.25. The molecule has 0 aliphatic rings. The summed E-state index contributed by atoms with van der Waals surface area (Å²) in [5.41, 5.74) is 2.69. The lowest BCUT2D eigenvalue weighted by Gasteiger charge is -2.15. The molecule has 2 rings (SSSR count). The lowest BCUT2D eigenvalue weighted by atomic mass is 10.1. The molecule has 1 aromatic heterocycles. The minimum absolute atomic E-state index is 0.252. The third-order valence-electron chi connectivity index (χ3n) is 4.15. The van der Waals surface area contributed by atoms with E-state index in [1.54, 1.807) is 11.8 Å². The first kappa shape index (κ1) is 19.4. The maximum atomic E-state index is 12.6. The largest absolute Gasteiger partial charge is 0.467 e. The smallest absolute Gasteiger partial charge is 0.328 e. The van der Waals surface area contributed by atoms with Crippen molar-refractivity contribution in [2.24, 2.45) is 0 Å². The van der Waals surface area contributed by atoms with Crippen molar-refractivity contribution in [3.63, 3.8) is 0 Å². The van der Waals surface area contributed by atoms with E-state index in [9.17, 15) is 9.59 Å². The van der Waals surface area contributed by atoms with Gasteiger partial charge in [-0.3, -0.25) is 4.79 Å². The van der Waals surface area contributed by atoms with Crippen molar-refractivity contribution in [3.05, 3.63) is 35.1 Å². The second-order valence-electron chi connectivity index (χ2n) is 5.97. The average Bonchev–Trinajstić information content (AvgIpc) is 2.94. The maximum Gasteiger partial charge on any atom is 0.328 e. The molecule has 6 heteroatoms. The van der Waals surface area contributed by atoms with E-state index in [1.165, 1.54) is 12.7 Å². The van der Waals surface area contributed by atoms with Crippen molar-refractivity contribution in [1.29, 1.82) is 0 Å². The topological polar surface area (TPSA) is 68.5 Å². The number of hydrogen-bond acceptors (Lipinski definition) is 5. The second kappa shape index (κ2) is 8.94. The van der Waals surface area contributed by atoms with Crippen LogP contribution in [-0.2, 0) is 16.0 Å². The quantitative estimate of drug-likeness (QED) is 0.724. The van der Waals surface area contributed by atoms with E-state index >= 15 is 0 Å². The summed E-state index contributed by atoms with van der Waals surface area (Å²) in [5, 5.41) is 3.68. The van der Waals surface area contributed by atoms with Crippen molar-refractivity contribution < 1.29 is 18.7 Å². The van der Waals surface area contributed by atoms with Gasteiger partial charge in [-0.15, -0.1) is 0 Å². The Labute approximate surface area is 152 Å². The van der Waals surface area contributed by atoms with Gasteiger partial charge in [-0.2, -0.15) is 11.8 Å². The van der Waals surface area contributed by atoms with Crippen molar-refractivity contribution in [2.45, 2.75) is 39.2 Å². The molecule has 0 fully saturated rings. The summed E-state index contributed by atoms with van der Waals surface area (Å²) in [4.78, 5) is 24.5. The molecule has 1 amide bonds. The number of aryl methyl sites for hydroxylation is 2. The Kier molecular flexibility index (Phi) is 6.93. The molecule has 0 aliphatic carbocycles. The van der Waals surface area contributed by atoms with E-state index in [2.05, 4.69) is 18.3 Å². The van der Waals surface area contributed by atoms with Crippen molar-refractivity contribution in [2.75, 3.05) is 19.1 Å². The normalized spacial score (nSPS) is 12.2. The van der Waals surface area contributed by atoms with Gasteiger partial charge in [-0.1, -0.05) is 19.4 Å². The average molecular weight is 363 g/mol. The molecule has 136 valence electrons. The Hall–Kier alpha value is -1.95. The number of nitrogens with one attached hydrogen (secondary N) is 1. The van der Waals surface area contributed by atoms with Crippen molar-refractivity contribution in [1.82, 2.24) is 5.32 Å². The molecule has 1 N–H and O–H groups in total. The zero-order valence-corrected chi connectivity index (χ0v) is 16.0. The summed E-state index contributed by atoms with van der Waals surface area (Å²) in [6.07, 6.45) is 4.51. The van der Waals surface area contributed by atoms with Gasteiger partial charge in [0.1, 0.15) is 11.6 Å². The van der Waals surface area contributed by atoms with Crippen LogP contribution in [0.5, 0.6) is 0 Å². The summed E-state index contributed by atoms with van der Waals surface area (Å²) >= 11 is 1.61. The predicted molar refractivity (Wildman–Crippen MR) is 101 cm³/mol. The number of thioether (sulfide) groups is 1. The van der Waals surface area contributed by atoms with Gasteiger partial charge in [0.25, 0.3) is 5.91 Å². The molecule has 1 atom stereocenters. The Morgan fingerprint density at radius 2 is 2.12 bits per heavy atom. The number of amides is 1. The summed E-state index contributed by atoms with van der Waals surface area (Å²) < 4.78 is 10.5. The number of esters is 1. The molecule has 1 aromatic carbocycles. The fourth-order valence-corrected chi connectivity index (χ4v) is 3.25. The van der Waals surface area contributed by atoms with Crippen LogP contribution in [0, 0.1) is 6.92 Å². The van der Waals surface area contributed by atoms with Crippen LogP contribution in [0.15, 0.2) is 22.6 Å². The molecule has 5 nitrogen and oxygen atoms in total. The van der Waals surface area contributed by atoms with E-state index in [0.717, 1.165) is 29.5 Å². The first-order valence-electron chi connectivity index (χ1n) is 8.41. The Morgan fingerprint density at radius 3 is 2.76 bits per heavy atom. The Morgan fingerprint density at radius 1 is 1.36 bits per heavy atom. The highest BCUT2D eigenvalue weighted by Crippen LogP contribution is 2.27. The first-order valence-corrected chi connectivity index (χ1v) is 9.80. The zero-order chi connectivity index (χ0) is 18.4. The van der Waals surface area contributed by atoms with Crippen LogP contribution in [0.2, 0.25) is 0 Å². The number of carbonyl (C=O) groups excluding carboxylic acids is 2. The van der Waals surface area contributed by atoms with Crippen LogP contribution < -0.4 is 5.32 Å². The Balaban J connectivity index is 2.25. The molecule has 0 saturated carbocycles. The lowest BCUT2D eigenvalue weighted by molar-refractivity contribution is -0.142. The second-order valence-corrected chi connectivity index (χ2v) is 6.95. The van der Waals surface area contributed by atoms with Crippen LogP contribution in [0.1, 0.15) is 41.4 Å². The van der Waals surface area contributed by atoms with Gasteiger partial charge >= 0.3 is 5.97 Å². The zero-order valence-electron chi connectivity index (χ0n) is 15.2. The molecule has 0 unspecified atom stereocenters. The number of carbonyl (C=O) groups is 2. The number of hydrogen-bond donors (Lipinski definition) is 1. The van der Waals surface area contributed by atoms with Crippen LogP contribution in [0.3, 0.4) is 0 Å². The SMILES string of the molecule is CCCc1ccc2oc(C(=O)N[C@@H](CCSC)C(=O)OC)c(C)c2c1. The van der Waals surface area contributed by atoms with E-state index in [-0.39, 0.29) is 11.7 Å². The molecule has 0 spiro atoms. The minimum Gasteiger partial charge on any atom is -0.467 e. The number of ether oxygens (including phenoxy) is 1. The van der Waals surface area contributed by atoms with Gasteiger partial charge in [-0.05, 0) is 49.5 Å². The van der Waals surface area contributed by atoms with E-state index < -0.39 is 12.0 Å². The van der Waals surface area contributed by atoms with Crippen LogP contribution in [0.4, 0.5) is 0 Å². The summed E-state index contributed by atoms with van der Waals surface area (Å²) in [6.45, 7) is 4.00. The monoisotopic (exact) mass is 363 g/mol. The van der Waals surface area contributed by atoms with Gasteiger partial charge in [0.05, 0.1) is 7.11 Å². The highest BCUT2D eigenvalue weighted by molar-refractivity contribution is 7.98. The van der Waals surface area contributed by atoms with Crippen molar-refractivity contribution in [3.8, 4) is 0 Å². The van der Waals surface area contributed by atoms with Crippen molar-refractivity contribution >= 4 is 34.6 Å². The molecule has 0 bridgehead atoms. The molecule has 2 aromatic rings. The molecule has 25 heavy (non-hydrogen) atoms. The van der Waals surface area contributed by atoms with Gasteiger partial charge in [0.2, 0.25) is 0 Å². The van der Waals surface area contributed by atoms with E-state index in [4.69, 9.17) is 9.15 Å². The lowest BCUT2D eigenvalue weighted by Crippen LogP contribution is -2.42. The van der Waals surface area contributed by atoms with Gasteiger partial charge < -0.3 is 14.5 Å². The molecule has 0 radical (unpaired) electrons. The fraction of sp³-hybridized carbons (Fsp3) is 0.474. The van der Waals surface area contributed by atoms with Crippen LogP contribution >= 0.6 is 11.8 Å². The number of furan rings is 1. The first-order chi connectivity index (χ1) is 12.0. The highest BCUT2D eigenvalue weighted by atomic mass is 32.2. The maximum absolute atomic E-state index is 12.6. The fourth-order valence-electron chi connectivity index (χ4n) is 2.78. The molecular weight excluding hydrogens is 338 g/mol. The van der Waals surface area contributed by atoms with Gasteiger partial charge in [0.15, 0.2) is 5.76 Å². The summed E-state index contributed by atoms with van der Waals surface area (Å²) in [5.74, 6) is 0.171. The number of methoxy groups -OCH3 is 1. The van der Waals surface area contributed by atoms with E-state index in [1.807, 2.05) is 25.3 Å². The molecule has 0 aliphatic heterocycles. The third-order valence-corrected chi connectivity index (χ3v) is 4.79. The number of fused-ring (bicyclic) bond motifs is 1. The third kappa shape index (κ3) is 4.57. The minimum atomic E-state index is -0.673.